The lowest BCUT2D eigenvalue weighted by molar-refractivity contribution is -0.137. The summed E-state index contributed by atoms with van der Waals surface area (Å²) in [7, 11) is 1.61. The molecule has 0 bridgehead atoms. The lowest BCUT2D eigenvalue weighted by Crippen LogP contribution is -2.63. The van der Waals surface area contributed by atoms with Gasteiger partial charge in [0.2, 0.25) is 0 Å². The van der Waals surface area contributed by atoms with Gasteiger partial charge in [0.25, 0.3) is 11.9 Å². The molecule has 0 N–H and O–H groups in total. The standard InChI is InChI=1S/C21H17FN4O3/c1-24-18-17(19(27)26(21(24)28)11-13-7-9-15(22)10-8-13)25-12-16(29-20(25)23-18)14-5-3-2-4-6-14/h2-10,12,17-18H,11H2,1H3. The van der Waals surface area contributed by atoms with Crippen LogP contribution >= 0.6 is 0 Å². The van der Waals surface area contributed by atoms with E-state index in [4.69, 9.17) is 4.74 Å². The van der Waals surface area contributed by atoms with Crippen LogP contribution in [0.1, 0.15) is 11.1 Å². The number of fused-ring (bicyclic) bond motifs is 3. The zero-order chi connectivity index (χ0) is 20.1. The Morgan fingerprint density at radius 2 is 1.79 bits per heavy atom. The van der Waals surface area contributed by atoms with Gasteiger partial charge in [-0.15, -0.1) is 0 Å². The number of nitrogens with zero attached hydrogens (tertiary/aromatic N) is 4. The summed E-state index contributed by atoms with van der Waals surface area (Å²) < 4.78 is 19.0. The molecule has 7 nitrogen and oxygen atoms in total. The van der Waals surface area contributed by atoms with Crippen molar-refractivity contribution in [3.8, 4) is 0 Å². The highest BCUT2D eigenvalue weighted by molar-refractivity contribution is 6.04. The van der Waals surface area contributed by atoms with E-state index in [2.05, 4.69) is 4.99 Å². The van der Waals surface area contributed by atoms with E-state index in [1.54, 1.807) is 30.3 Å². The summed E-state index contributed by atoms with van der Waals surface area (Å²) in [5, 5.41) is 0. The number of carbonyl (C=O) groups is 2. The van der Waals surface area contributed by atoms with Crippen LogP contribution in [0.2, 0.25) is 0 Å². The van der Waals surface area contributed by atoms with Crippen molar-refractivity contribution in [1.29, 1.82) is 0 Å². The number of rotatable bonds is 3. The molecular weight excluding hydrogens is 375 g/mol. The van der Waals surface area contributed by atoms with E-state index in [9.17, 15) is 14.0 Å². The number of ether oxygens (including phenoxy) is 1. The highest BCUT2D eigenvalue weighted by Crippen LogP contribution is 2.35. The maximum absolute atomic E-state index is 13.2. The van der Waals surface area contributed by atoms with Gasteiger partial charge in [-0.2, -0.15) is 0 Å². The van der Waals surface area contributed by atoms with Crippen LogP contribution in [0.4, 0.5) is 9.18 Å². The van der Waals surface area contributed by atoms with Crippen LogP contribution in [-0.4, -0.2) is 51.9 Å². The lowest BCUT2D eigenvalue weighted by Gasteiger charge is -2.39. The number of imide groups is 1. The molecule has 0 radical (unpaired) electrons. The van der Waals surface area contributed by atoms with Crippen LogP contribution in [0.15, 0.2) is 65.8 Å². The third-order valence-electron chi connectivity index (χ3n) is 5.26. The number of likely N-dealkylation sites (N-methyl/N-ethyl adjacent to an activating group) is 1. The van der Waals surface area contributed by atoms with Gasteiger partial charge < -0.3 is 9.64 Å². The van der Waals surface area contributed by atoms with E-state index < -0.39 is 18.2 Å². The van der Waals surface area contributed by atoms with Crippen molar-refractivity contribution in [2.75, 3.05) is 7.05 Å². The Morgan fingerprint density at radius 1 is 1.07 bits per heavy atom. The van der Waals surface area contributed by atoms with Gasteiger partial charge in [0, 0.05) is 12.6 Å². The molecule has 146 valence electrons. The number of aliphatic imine (C=N–C) groups is 1. The molecule has 3 amide bonds. The molecule has 2 unspecified atom stereocenters. The molecule has 0 aliphatic carbocycles. The Bertz CT molecular complexity index is 1050. The number of hydrogen-bond acceptors (Lipinski definition) is 5. The highest BCUT2D eigenvalue weighted by Gasteiger charge is 2.54. The normalized spacial score (nSPS) is 22.9. The number of amidine groups is 1. The Balaban J connectivity index is 1.44. The van der Waals surface area contributed by atoms with Gasteiger partial charge >= 0.3 is 6.03 Å². The molecule has 1 fully saturated rings. The average molecular weight is 392 g/mol. The first kappa shape index (κ1) is 17.4. The molecule has 3 aliphatic rings. The van der Waals surface area contributed by atoms with Gasteiger partial charge in [-0.05, 0) is 17.7 Å². The summed E-state index contributed by atoms with van der Waals surface area (Å²) in [5.74, 6) is -0.139. The summed E-state index contributed by atoms with van der Waals surface area (Å²) in [6, 6.07) is 14.4. The Hall–Kier alpha value is -3.68. The molecule has 29 heavy (non-hydrogen) atoms. The number of urea groups is 1. The largest absolute Gasteiger partial charge is 0.423 e. The molecule has 2 aromatic carbocycles. The number of halogens is 1. The van der Waals surface area contributed by atoms with E-state index in [0.29, 0.717) is 17.3 Å². The van der Waals surface area contributed by atoms with E-state index in [1.807, 2.05) is 30.3 Å². The molecular formula is C21H17FN4O3. The van der Waals surface area contributed by atoms with Crippen molar-refractivity contribution in [3.63, 3.8) is 0 Å². The Labute approximate surface area is 166 Å². The molecule has 5 rings (SSSR count). The van der Waals surface area contributed by atoms with Crippen molar-refractivity contribution in [2.45, 2.75) is 18.8 Å². The lowest BCUT2D eigenvalue weighted by atomic mass is 10.1. The van der Waals surface area contributed by atoms with Crippen molar-refractivity contribution < 1.29 is 18.7 Å². The van der Waals surface area contributed by atoms with E-state index in [-0.39, 0.29) is 18.3 Å². The topological polar surface area (TPSA) is 65.5 Å². The zero-order valence-corrected chi connectivity index (χ0v) is 15.5. The van der Waals surface area contributed by atoms with Gasteiger partial charge in [0.05, 0.1) is 12.7 Å². The molecule has 1 saturated heterocycles. The van der Waals surface area contributed by atoms with Crippen molar-refractivity contribution in [3.05, 3.63) is 77.7 Å². The third-order valence-corrected chi connectivity index (χ3v) is 5.26. The summed E-state index contributed by atoms with van der Waals surface area (Å²) in [6.45, 7) is 0.0603. The Kier molecular flexibility index (Phi) is 3.87. The first-order valence-corrected chi connectivity index (χ1v) is 9.17. The predicted molar refractivity (Wildman–Crippen MR) is 102 cm³/mol. The van der Waals surface area contributed by atoms with Crippen LogP contribution in [0.25, 0.3) is 5.76 Å². The van der Waals surface area contributed by atoms with Crippen molar-refractivity contribution in [1.82, 2.24) is 14.7 Å². The maximum Gasteiger partial charge on any atom is 0.328 e. The first-order chi connectivity index (χ1) is 14.0. The minimum atomic E-state index is -0.700. The van der Waals surface area contributed by atoms with Gasteiger partial charge in [-0.1, -0.05) is 42.5 Å². The maximum atomic E-state index is 13.2. The highest BCUT2D eigenvalue weighted by atomic mass is 19.1. The molecule has 0 spiro atoms. The average Bonchev–Trinajstić information content (AvgIpc) is 3.30. The molecule has 2 aromatic rings. The molecule has 0 aromatic heterocycles. The van der Waals surface area contributed by atoms with Crippen LogP contribution in [0.3, 0.4) is 0 Å². The number of amides is 3. The smallest absolute Gasteiger partial charge is 0.328 e. The molecule has 3 heterocycles. The second kappa shape index (κ2) is 6.44. The third kappa shape index (κ3) is 2.75. The second-order valence-corrected chi connectivity index (χ2v) is 7.08. The fourth-order valence-corrected chi connectivity index (χ4v) is 3.73. The number of carbonyl (C=O) groups excluding carboxylic acids is 2. The zero-order valence-electron chi connectivity index (χ0n) is 15.5. The van der Waals surface area contributed by atoms with Crippen LogP contribution < -0.4 is 0 Å². The van der Waals surface area contributed by atoms with Gasteiger partial charge in [0.1, 0.15) is 5.82 Å². The molecule has 8 heteroatoms. The van der Waals surface area contributed by atoms with Crippen LogP contribution in [-0.2, 0) is 16.1 Å². The first-order valence-electron chi connectivity index (χ1n) is 9.17. The second-order valence-electron chi connectivity index (χ2n) is 7.08. The van der Waals surface area contributed by atoms with E-state index in [0.717, 1.165) is 5.56 Å². The summed E-state index contributed by atoms with van der Waals surface area (Å²) in [6.07, 6.45) is 1.10. The molecule has 0 saturated carbocycles. The fraction of sp³-hybridized carbons (Fsp3) is 0.190. The van der Waals surface area contributed by atoms with Crippen LogP contribution in [0, 0.1) is 5.82 Å². The quantitative estimate of drug-likeness (QED) is 0.806. The fourth-order valence-electron chi connectivity index (χ4n) is 3.73. The van der Waals surface area contributed by atoms with Gasteiger partial charge in [-0.3, -0.25) is 14.6 Å². The van der Waals surface area contributed by atoms with Crippen molar-refractivity contribution in [2.24, 2.45) is 4.99 Å². The number of benzene rings is 2. The van der Waals surface area contributed by atoms with Crippen molar-refractivity contribution >= 4 is 23.7 Å². The Morgan fingerprint density at radius 3 is 2.52 bits per heavy atom. The van der Waals surface area contributed by atoms with Gasteiger partial charge in [-0.25, -0.2) is 14.2 Å². The summed E-state index contributed by atoms with van der Waals surface area (Å²) >= 11 is 0. The molecule has 3 aliphatic heterocycles. The summed E-state index contributed by atoms with van der Waals surface area (Å²) in [4.78, 5) is 34.7. The number of hydrogen-bond donors (Lipinski definition) is 0. The predicted octanol–water partition coefficient (Wildman–Crippen LogP) is 2.61. The molecule has 2 atom stereocenters. The van der Waals surface area contributed by atoms with Gasteiger partial charge in [0.15, 0.2) is 18.0 Å². The SMILES string of the molecule is CN1C(=O)N(Cc2ccc(F)cc2)C(=O)C2C1N=C1OC(c3ccccc3)=CN12. The van der Waals surface area contributed by atoms with Crippen LogP contribution in [0.5, 0.6) is 0 Å². The monoisotopic (exact) mass is 392 g/mol. The minimum absolute atomic E-state index is 0.0603. The summed E-state index contributed by atoms with van der Waals surface area (Å²) in [5.41, 5.74) is 1.54. The van der Waals surface area contributed by atoms with E-state index in [1.165, 1.54) is 21.9 Å². The minimum Gasteiger partial charge on any atom is -0.423 e. The van der Waals surface area contributed by atoms with E-state index >= 15 is 0 Å².